The lowest BCUT2D eigenvalue weighted by atomic mass is 10.2. The third-order valence-corrected chi connectivity index (χ3v) is 2.90. The Kier molecular flexibility index (Phi) is 6.48. The molecule has 0 saturated heterocycles. The van der Waals surface area contributed by atoms with Crippen LogP contribution in [0.3, 0.4) is 0 Å². The van der Waals surface area contributed by atoms with Crippen molar-refractivity contribution < 1.29 is 32.5 Å². The van der Waals surface area contributed by atoms with Crippen LogP contribution in [-0.4, -0.2) is 17.2 Å². The van der Waals surface area contributed by atoms with Crippen LogP contribution in [0.25, 0.3) is 0 Å². The number of carboxylic acids is 1. The largest absolute Gasteiger partial charge is 0.479 e. The molecule has 24 heavy (non-hydrogen) atoms. The lowest BCUT2D eigenvalue weighted by molar-refractivity contribution is -0.144. The highest BCUT2D eigenvalue weighted by Crippen LogP contribution is 2.31. The summed E-state index contributed by atoms with van der Waals surface area (Å²) in [7, 11) is 0. The minimum Gasteiger partial charge on any atom is -0.479 e. The fourth-order valence-corrected chi connectivity index (χ4v) is 1.69. The first kappa shape index (κ1) is 19.6. The van der Waals surface area contributed by atoms with Gasteiger partial charge in [-0.3, -0.25) is 0 Å². The Balaban J connectivity index is 0.00000288. The zero-order valence-corrected chi connectivity index (χ0v) is 13.2. The van der Waals surface area contributed by atoms with Gasteiger partial charge in [0.15, 0.2) is 6.10 Å². The van der Waals surface area contributed by atoms with Crippen molar-refractivity contribution in [1.82, 2.24) is 0 Å². The number of ether oxygens (including phenoxy) is 2. The fraction of sp³-hybridized carbons (Fsp3) is 0.188. The maximum absolute atomic E-state index is 12.5. The number of carboxylic acid groups (broad SMARTS) is 1. The summed E-state index contributed by atoms with van der Waals surface area (Å²) in [6.07, 6.45) is -5.38. The molecular formula is C16H14ClF3O4. The van der Waals surface area contributed by atoms with Crippen LogP contribution in [0.1, 0.15) is 12.5 Å². The quantitative estimate of drug-likeness (QED) is 0.832. The number of rotatable bonds is 5. The summed E-state index contributed by atoms with van der Waals surface area (Å²) >= 11 is 0. The van der Waals surface area contributed by atoms with Crippen molar-refractivity contribution in [3.63, 3.8) is 0 Å². The van der Waals surface area contributed by atoms with Gasteiger partial charge in [0.1, 0.15) is 17.2 Å². The van der Waals surface area contributed by atoms with Crippen LogP contribution < -0.4 is 9.47 Å². The van der Waals surface area contributed by atoms with Crippen LogP contribution in [0, 0.1) is 0 Å². The van der Waals surface area contributed by atoms with E-state index in [9.17, 15) is 18.0 Å². The molecule has 0 amide bonds. The van der Waals surface area contributed by atoms with Gasteiger partial charge in [-0.1, -0.05) is 0 Å². The molecule has 2 rings (SSSR count). The van der Waals surface area contributed by atoms with Gasteiger partial charge in [-0.2, -0.15) is 13.2 Å². The smallest absolute Gasteiger partial charge is 0.416 e. The number of benzene rings is 2. The van der Waals surface area contributed by atoms with Crippen LogP contribution >= 0.6 is 12.4 Å². The van der Waals surface area contributed by atoms with E-state index in [1.165, 1.54) is 43.3 Å². The van der Waals surface area contributed by atoms with Crippen LogP contribution in [0.15, 0.2) is 48.5 Å². The van der Waals surface area contributed by atoms with Crippen LogP contribution in [0.2, 0.25) is 0 Å². The fourth-order valence-electron chi connectivity index (χ4n) is 1.69. The standard InChI is InChI=1S/C16H13F3O4.ClH/c1-10(15(20)21)22-12-6-8-14(9-7-12)23-13-4-2-11(3-5-13)16(17,18)19;/h2-10H,1H3,(H,20,21);1H/t10-;/m1./s1. The van der Waals surface area contributed by atoms with E-state index in [-0.39, 0.29) is 18.2 Å². The van der Waals surface area contributed by atoms with Crippen LogP contribution in [-0.2, 0) is 11.0 Å². The molecule has 0 aliphatic rings. The molecule has 2 aromatic carbocycles. The minimum absolute atomic E-state index is 0. The van der Waals surface area contributed by atoms with Crippen LogP contribution in [0.4, 0.5) is 13.2 Å². The first-order chi connectivity index (χ1) is 10.8. The Labute approximate surface area is 142 Å². The third kappa shape index (κ3) is 5.34. The molecule has 0 fully saturated rings. The van der Waals surface area contributed by atoms with E-state index in [1.807, 2.05) is 0 Å². The number of hydrogen-bond donors (Lipinski definition) is 1. The van der Waals surface area contributed by atoms with E-state index in [2.05, 4.69) is 0 Å². The number of hydrogen-bond acceptors (Lipinski definition) is 3. The molecule has 0 aliphatic carbocycles. The van der Waals surface area contributed by atoms with Gasteiger partial charge in [0, 0.05) is 0 Å². The first-order valence-electron chi connectivity index (χ1n) is 6.60. The van der Waals surface area contributed by atoms with Gasteiger partial charge < -0.3 is 14.6 Å². The van der Waals surface area contributed by atoms with E-state index in [4.69, 9.17) is 14.6 Å². The van der Waals surface area contributed by atoms with E-state index in [0.29, 0.717) is 11.5 Å². The van der Waals surface area contributed by atoms with Gasteiger partial charge in [-0.05, 0) is 55.5 Å². The molecule has 0 spiro atoms. The molecule has 0 unspecified atom stereocenters. The van der Waals surface area contributed by atoms with E-state index in [1.54, 1.807) is 0 Å². The normalized spacial score (nSPS) is 12.0. The molecular weight excluding hydrogens is 349 g/mol. The molecule has 1 N–H and O–H groups in total. The maximum Gasteiger partial charge on any atom is 0.416 e. The number of aliphatic carboxylic acids is 1. The average molecular weight is 363 g/mol. The van der Waals surface area contributed by atoms with Crippen molar-refractivity contribution in [2.75, 3.05) is 0 Å². The van der Waals surface area contributed by atoms with E-state index in [0.717, 1.165) is 12.1 Å². The van der Waals surface area contributed by atoms with Crippen LogP contribution in [0.5, 0.6) is 17.2 Å². The van der Waals surface area contributed by atoms with E-state index >= 15 is 0 Å². The molecule has 130 valence electrons. The topological polar surface area (TPSA) is 55.8 Å². The molecule has 8 heteroatoms. The zero-order chi connectivity index (χ0) is 17.0. The molecule has 2 aromatic rings. The molecule has 0 radical (unpaired) electrons. The summed E-state index contributed by atoms with van der Waals surface area (Å²) in [6, 6.07) is 10.4. The van der Waals surface area contributed by atoms with Crippen molar-refractivity contribution >= 4 is 18.4 Å². The van der Waals surface area contributed by atoms with Crippen molar-refractivity contribution in [2.24, 2.45) is 0 Å². The Morgan fingerprint density at radius 3 is 1.79 bits per heavy atom. The minimum atomic E-state index is -4.39. The van der Waals surface area contributed by atoms with Crippen molar-refractivity contribution in [1.29, 1.82) is 0 Å². The molecule has 4 nitrogen and oxygen atoms in total. The highest BCUT2D eigenvalue weighted by molar-refractivity contribution is 5.85. The van der Waals surface area contributed by atoms with Gasteiger partial charge in [-0.25, -0.2) is 4.79 Å². The van der Waals surface area contributed by atoms with Crippen molar-refractivity contribution in [2.45, 2.75) is 19.2 Å². The molecule has 0 aromatic heterocycles. The molecule has 0 bridgehead atoms. The summed E-state index contributed by atoms with van der Waals surface area (Å²) in [5, 5.41) is 8.74. The Hall–Kier alpha value is -2.41. The Morgan fingerprint density at radius 1 is 0.958 bits per heavy atom. The number of halogens is 4. The predicted octanol–water partition coefficient (Wildman–Crippen LogP) is 4.77. The summed E-state index contributed by atoms with van der Waals surface area (Å²) in [4.78, 5) is 10.7. The van der Waals surface area contributed by atoms with Crippen molar-refractivity contribution in [3.05, 3.63) is 54.1 Å². The first-order valence-corrected chi connectivity index (χ1v) is 6.60. The zero-order valence-electron chi connectivity index (χ0n) is 12.4. The highest BCUT2D eigenvalue weighted by atomic mass is 35.5. The van der Waals surface area contributed by atoms with Gasteiger partial charge in [-0.15, -0.1) is 12.4 Å². The molecule has 0 saturated carbocycles. The maximum atomic E-state index is 12.5. The number of carbonyl (C=O) groups is 1. The summed E-state index contributed by atoms with van der Waals surface area (Å²) in [5.74, 6) is -0.0968. The lowest BCUT2D eigenvalue weighted by Crippen LogP contribution is -2.22. The molecule has 0 aliphatic heterocycles. The van der Waals surface area contributed by atoms with Crippen molar-refractivity contribution in [3.8, 4) is 17.2 Å². The SMILES string of the molecule is C[C@@H](Oc1ccc(Oc2ccc(C(F)(F)F)cc2)cc1)C(=O)O.Cl. The van der Waals surface area contributed by atoms with Gasteiger partial charge in [0.05, 0.1) is 5.56 Å². The Morgan fingerprint density at radius 2 is 1.38 bits per heavy atom. The summed E-state index contributed by atoms with van der Waals surface area (Å²) in [5.41, 5.74) is -0.753. The Bertz CT molecular complexity index is 669. The molecule has 1 atom stereocenters. The highest BCUT2D eigenvalue weighted by Gasteiger charge is 2.30. The second kappa shape index (κ2) is 7.92. The van der Waals surface area contributed by atoms with Gasteiger partial charge in [0.25, 0.3) is 0 Å². The predicted molar refractivity (Wildman–Crippen MR) is 82.9 cm³/mol. The summed E-state index contributed by atoms with van der Waals surface area (Å²) < 4.78 is 47.9. The second-order valence-corrected chi connectivity index (χ2v) is 4.69. The molecule has 0 heterocycles. The second-order valence-electron chi connectivity index (χ2n) is 4.69. The summed E-state index contributed by atoms with van der Waals surface area (Å²) in [6.45, 7) is 1.40. The third-order valence-electron chi connectivity index (χ3n) is 2.90. The lowest BCUT2D eigenvalue weighted by Gasteiger charge is -2.11. The monoisotopic (exact) mass is 362 g/mol. The van der Waals surface area contributed by atoms with E-state index < -0.39 is 23.8 Å². The number of alkyl halides is 3. The average Bonchev–Trinajstić information content (AvgIpc) is 2.49. The van der Waals surface area contributed by atoms with Gasteiger partial charge >= 0.3 is 12.1 Å². The van der Waals surface area contributed by atoms with Gasteiger partial charge in [0.2, 0.25) is 0 Å².